The fourth-order valence-electron chi connectivity index (χ4n) is 9.17. The van der Waals surface area contributed by atoms with Gasteiger partial charge in [0, 0.05) is 203 Å². The molecule has 16 rings (SSSR count). The van der Waals surface area contributed by atoms with Crippen molar-refractivity contribution in [2.45, 2.75) is 39.2 Å². The van der Waals surface area contributed by atoms with E-state index in [1.165, 1.54) is 49.8 Å². The van der Waals surface area contributed by atoms with Gasteiger partial charge in [0.05, 0.1) is 29.1 Å². The summed E-state index contributed by atoms with van der Waals surface area (Å²) >= 11 is 0. The van der Waals surface area contributed by atoms with Crippen LogP contribution < -0.4 is 10.2 Å². The molecule has 0 spiro atoms. The quantitative estimate of drug-likeness (QED) is 0.0561. The summed E-state index contributed by atoms with van der Waals surface area (Å²) in [6.07, 6.45) is 5.62. The number of aromatic nitrogens is 16. The molecule has 0 saturated heterocycles. The molecule has 0 bridgehead atoms. The van der Waals surface area contributed by atoms with Crippen molar-refractivity contribution in [1.82, 2.24) is 80.7 Å². The number of alkyl halides is 6. The van der Waals surface area contributed by atoms with Gasteiger partial charge in [0.15, 0.2) is 0 Å². The Morgan fingerprint density at radius 1 is 0.395 bits per heavy atom. The number of aryl methyl sites for hydroxylation is 1. The fraction of sp³-hybridized carbons (Fsp3) is 0.0682. The molecule has 11 aromatic heterocycles. The smallest absolute Gasteiger partial charge is 0.429 e. The predicted molar refractivity (Wildman–Crippen MR) is 422 cm³/mol. The van der Waals surface area contributed by atoms with E-state index in [1.54, 1.807) is 191 Å². The summed E-state index contributed by atoms with van der Waals surface area (Å²) in [6.45, 7) is 4.72. The monoisotopic (exact) mass is 2670 g/mol. The second kappa shape index (κ2) is 58.7. The molecule has 0 amide bonds. The zero-order valence-electron chi connectivity index (χ0n) is 65.9. The maximum absolute atomic E-state index is 13.2. The molecule has 129 heavy (non-hydrogen) atoms. The molecule has 22 nitrogen and oxygen atoms in total. The number of hydrogen-bond donors (Lipinski definition) is 4. The molecule has 41 heteroatoms. The number of carbonyl (C=O) groups is 2. The largest absolute Gasteiger partial charge is 0.513 e. The third-order valence-electron chi connectivity index (χ3n) is 14.4. The number of aromatic carboxylic acids is 2. The summed E-state index contributed by atoms with van der Waals surface area (Å²) < 4.78 is 177. The number of aliphatic hydroxyl groups is 2. The van der Waals surface area contributed by atoms with E-state index in [1.807, 2.05) is 12.1 Å². The van der Waals surface area contributed by atoms with E-state index in [0.29, 0.717) is 51.1 Å². The van der Waals surface area contributed by atoms with Crippen LogP contribution in [0.25, 0.3) is 79.3 Å². The minimum Gasteiger partial charge on any atom is -0.513 e. The van der Waals surface area contributed by atoms with Gasteiger partial charge in [-0.3, -0.25) is 60.5 Å². The number of allylic oxidation sites excluding steroid dienone is 1. The van der Waals surface area contributed by atoms with Gasteiger partial charge < -0.3 is 60.5 Å². The van der Waals surface area contributed by atoms with Gasteiger partial charge in [0.1, 0.15) is 17.2 Å². The van der Waals surface area contributed by atoms with Crippen LogP contribution in [0, 0.1) is 83.8 Å². The Morgan fingerprint density at radius 3 is 0.922 bits per heavy atom. The van der Waals surface area contributed by atoms with E-state index in [2.05, 4.69) is 111 Å². The molecule has 0 aliphatic heterocycles. The molecule has 1 unspecified atom stereocenters. The number of carboxylic acid groups (broad SMARTS) is 2. The molecule has 16 aromatic rings. The van der Waals surface area contributed by atoms with E-state index >= 15 is 0 Å². The molecule has 5 aromatic carbocycles. The zero-order chi connectivity index (χ0) is 90.0. The van der Waals surface area contributed by atoms with Crippen LogP contribution >= 0.6 is 0 Å². The van der Waals surface area contributed by atoms with Gasteiger partial charge in [0.25, 0.3) is 0 Å². The molecule has 4 N–H and O–H groups in total. The van der Waals surface area contributed by atoms with Crippen molar-refractivity contribution in [3.8, 4) is 79.3 Å². The Hall–Kier alpha value is -12.6. The third-order valence-corrected chi connectivity index (χ3v) is 14.4. The molecule has 679 valence electrons. The summed E-state index contributed by atoms with van der Waals surface area (Å²) in [4.78, 5) is 58.3. The van der Waals surface area contributed by atoms with Gasteiger partial charge in [-0.05, 0) is 139 Å². The molecule has 11 heterocycles. The van der Waals surface area contributed by atoms with Crippen LogP contribution in [0.5, 0.6) is 0 Å². The summed E-state index contributed by atoms with van der Waals surface area (Å²) in [6, 6.07) is 68.1. The number of aliphatic hydroxyl groups excluding tert-OH is 2. The first-order valence-corrected chi connectivity index (χ1v) is 35.3. The number of carboxylic acids is 2. The van der Waals surface area contributed by atoms with E-state index in [-0.39, 0.29) is 151 Å². The van der Waals surface area contributed by atoms with Crippen LogP contribution in [0.4, 0.5) is 61.5 Å². The number of hydrogen-bond acceptors (Lipinski definition) is 18. The van der Waals surface area contributed by atoms with Crippen molar-refractivity contribution in [2.24, 2.45) is 0 Å². The maximum atomic E-state index is 13.2. The van der Waals surface area contributed by atoms with Gasteiger partial charge in [-0.2, -0.15) is 31.6 Å². The number of pyridine rings is 9. The van der Waals surface area contributed by atoms with Crippen molar-refractivity contribution in [2.75, 3.05) is 0 Å². The second-order valence-electron chi connectivity index (χ2n) is 23.9. The zero-order valence-corrected chi connectivity index (χ0v) is 77.9. The summed E-state index contributed by atoms with van der Waals surface area (Å²) in [5, 5.41) is 53.8. The van der Waals surface area contributed by atoms with Crippen molar-refractivity contribution in [3.05, 3.63) is 397 Å². The van der Waals surface area contributed by atoms with Crippen molar-refractivity contribution < 1.29 is 192 Å². The molecule has 0 saturated carbocycles. The van der Waals surface area contributed by atoms with Crippen LogP contribution in [0.1, 0.15) is 51.8 Å². The Morgan fingerprint density at radius 2 is 0.698 bits per heavy atom. The molecule has 0 fully saturated rings. The van der Waals surface area contributed by atoms with Gasteiger partial charge >= 0.3 is 24.3 Å². The van der Waals surface area contributed by atoms with E-state index < -0.39 is 88.3 Å². The molecule has 1 atom stereocenters. The number of nitrogens with zero attached hydrogens (tertiary/aromatic N) is 16. The SMILES string of the molecule is CC(O)=CC(C)O.Cc1cc(-c2ccccn2)[c-]c(C(F)(F)F)c1.FC(F)(F)c1n[n-]c(-c2ccccn2)n1.Fc1c[c-]c(-c2ccccn2)c(F)c1.Fc1c[c-]c(-c2ccccn2)c(F)c1.Fc1c[c-]c(-c2ccccn2)c(F)c1.Fc1c[c-]c(-c2ccccn2)c(F)c1.O=C(O)c1ccccn1.O=C(O)c1ccccn1.[Ir].[Ir].[Ir].[Ir].[Ir].c1ccc(-c2nnn[n-]2)nc1. The first kappa shape index (κ1) is 112. The Bertz CT molecular complexity index is 5540. The molecular weight excluding hydrogens is 2600 g/mol. The summed E-state index contributed by atoms with van der Waals surface area (Å²) in [5.74, 6) is -7.87. The minimum atomic E-state index is -4.57. The van der Waals surface area contributed by atoms with Crippen LogP contribution in [-0.4, -0.2) is 109 Å². The van der Waals surface area contributed by atoms with Gasteiger partial charge in [-0.1, -0.05) is 138 Å². The Labute approximate surface area is 794 Å². The minimum absolute atomic E-state index is 0. The maximum Gasteiger partial charge on any atom is 0.429 e. The first-order valence-electron chi connectivity index (χ1n) is 35.3. The summed E-state index contributed by atoms with van der Waals surface area (Å²) in [7, 11) is 0. The Balaban J connectivity index is 0.000000487. The number of rotatable bonds is 10. The average Bonchev–Trinajstić information content (AvgIpc) is 1.62. The first-order chi connectivity index (χ1) is 59.3. The van der Waals surface area contributed by atoms with Crippen LogP contribution in [0.2, 0.25) is 0 Å². The molecule has 0 aliphatic rings. The van der Waals surface area contributed by atoms with Crippen molar-refractivity contribution in [3.63, 3.8) is 0 Å². The standard InChI is InChI=1S/C13H9F3N.4C11H6F2N.C8H4F3N4.C6H4N5.2C6H5NO2.C5H10O2.5Ir/c1-9-6-10(12-4-2-3-5-17-12)8-11(7-9)13(14,15)16;4*12-8-4-5-9(10(13)7-8)11-3-1-2-6-14-11;9-8(10,11)7-13-6(14-15-7)5-3-1-2-4-12-5;1-2-4-7-5(3-1)6-8-10-11-9-6;2*8-6(9)5-3-1-2-4-7-5;1-4(6)3-5(2)7;;;;;/h2-7H,1H3;4*1-4,6-7H;1-4H;1-4H;2*1-4H,(H,8,9);3-4,6-7H,1-2H3;;;;;/q7*-1;;;;;;;;. The van der Waals surface area contributed by atoms with E-state index in [0.717, 1.165) is 54.6 Å². The predicted octanol–water partition coefficient (Wildman–Crippen LogP) is 19.0. The van der Waals surface area contributed by atoms with Crippen LogP contribution in [-0.2, 0) is 113 Å². The van der Waals surface area contributed by atoms with Gasteiger partial charge in [-0.15, -0.1) is 77.9 Å². The topological polar surface area (TPSA) is 324 Å². The second-order valence-corrected chi connectivity index (χ2v) is 23.9. The van der Waals surface area contributed by atoms with E-state index in [4.69, 9.17) is 20.4 Å². The normalized spacial score (nSPS) is 10.3. The molecule has 0 aliphatic carbocycles. The number of tetrazole rings is 1. The Kier molecular flexibility index (Phi) is 51.1. The van der Waals surface area contributed by atoms with Gasteiger partial charge in [-0.25, -0.2) is 19.6 Å². The van der Waals surface area contributed by atoms with E-state index in [9.17, 15) is 71.1 Å². The number of benzene rings is 5. The van der Waals surface area contributed by atoms with Crippen molar-refractivity contribution in [1.29, 1.82) is 0 Å². The van der Waals surface area contributed by atoms with Crippen molar-refractivity contribution >= 4 is 11.9 Å². The fourth-order valence-corrected chi connectivity index (χ4v) is 9.17. The number of halogens is 14. The third kappa shape index (κ3) is 40.5. The molecular formula is C88H61F14Ir5N16O6-7. The summed E-state index contributed by atoms with van der Waals surface area (Å²) in [5.41, 5.74) is 4.28. The van der Waals surface area contributed by atoms with Crippen LogP contribution in [0.3, 0.4) is 0 Å². The molecule has 5 radical (unpaired) electrons. The average molecular weight is 2670 g/mol. The van der Waals surface area contributed by atoms with Crippen LogP contribution in [0.15, 0.2) is 292 Å². The van der Waals surface area contributed by atoms with Gasteiger partial charge in [0.2, 0.25) is 0 Å².